The summed E-state index contributed by atoms with van der Waals surface area (Å²) in [6.07, 6.45) is -32.8. The minimum atomic E-state index is -7.92. The molecule has 0 amide bonds. The van der Waals surface area contributed by atoms with Crippen molar-refractivity contribution in [2.24, 2.45) is 5.92 Å². The molecule has 1 aliphatic heterocycles. The first-order chi connectivity index (χ1) is 16.6. The Balaban J connectivity index is 3.16. The van der Waals surface area contributed by atoms with E-state index in [4.69, 9.17) is 0 Å². The third kappa shape index (κ3) is 4.02. The lowest BCUT2D eigenvalue weighted by Gasteiger charge is -2.62. The van der Waals surface area contributed by atoms with E-state index in [0.29, 0.717) is 0 Å². The van der Waals surface area contributed by atoms with E-state index in [1.807, 2.05) is 0 Å². The van der Waals surface area contributed by atoms with Gasteiger partial charge in [-0.25, -0.2) is 4.79 Å². The van der Waals surface area contributed by atoms with Crippen molar-refractivity contribution in [2.45, 2.75) is 85.6 Å². The average Bonchev–Trinajstić information content (AvgIpc) is 2.70. The van der Waals surface area contributed by atoms with Gasteiger partial charge in [-0.3, -0.25) is 0 Å². The fraction of sp³-hybridized carbons (Fsp3) is 0.833. The van der Waals surface area contributed by atoms with Gasteiger partial charge in [0.2, 0.25) is 5.60 Å². The molecular formula is C18H14F16O4. The van der Waals surface area contributed by atoms with Crippen molar-refractivity contribution in [1.29, 1.82) is 0 Å². The number of esters is 1. The van der Waals surface area contributed by atoms with Gasteiger partial charge < -0.3 is 14.6 Å². The van der Waals surface area contributed by atoms with Crippen molar-refractivity contribution >= 4 is 5.97 Å². The topological polar surface area (TPSA) is 55.8 Å². The van der Waals surface area contributed by atoms with Gasteiger partial charge in [-0.2, -0.15) is 70.2 Å². The number of hydrogen-bond acceptors (Lipinski definition) is 4. The average molecular weight is 598 g/mol. The van der Waals surface area contributed by atoms with Gasteiger partial charge in [-0.05, 0) is 12.8 Å². The lowest BCUT2D eigenvalue weighted by atomic mass is 9.63. The van der Waals surface area contributed by atoms with Crippen LogP contribution in [0.2, 0.25) is 0 Å². The highest BCUT2D eigenvalue weighted by molar-refractivity contribution is 5.89. The van der Waals surface area contributed by atoms with Crippen LogP contribution in [0.25, 0.3) is 0 Å². The molecule has 2 aliphatic rings. The zero-order valence-corrected chi connectivity index (χ0v) is 18.0. The molecule has 4 nitrogen and oxygen atoms in total. The molecule has 0 aromatic carbocycles. The summed E-state index contributed by atoms with van der Waals surface area (Å²) in [4.78, 5) is 11.7. The third-order valence-corrected chi connectivity index (χ3v) is 6.30. The molecular weight excluding hydrogens is 584 g/mol. The van der Waals surface area contributed by atoms with E-state index in [-0.39, 0.29) is 6.42 Å². The van der Waals surface area contributed by atoms with Crippen LogP contribution in [0, 0.1) is 5.92 Å². The van der Waals surface area contributed by atoms with Gasteiger partial charge in [-0.15, -0.1) is 0 Å². The summed E-state index contributed by atoms with van der Waals surface area (Å²) in [6, 6.07) is 0. The van der Waals surface area contributed by atoms with Crippen LogP contribution < -0.4 is 0 Å². The Hall–Kier alpha value is -1.99. The molecule has 38 heavy (non-hydrogen) atoms. The Bertz CT molecular complexity index is 942. The zero-order chi connectivity index (χ0) is 30.2. The van der Waals surface area contributed by atoms with E-state index in [0.717, 1.165) is 0 Å². The summed E-state index contributed by atoms with van der Waals surface area (Å²) in [5.41, 5.74) is -17.3. The van der Waals surface area contributed by atoms with Crippen molar-refractivity contribution in [3.63, 3.8) is 0 Å². The normalized spacial score (nSPS) is 33.1. The molecule has 0 aromatic heterocycles. The van der Waals surface area contributed by atoms with Crippen molar-refractivity contribution in [2.75, 3.05) is 0 Å². The van der Waals surface area contributed by atoms with Crippen LogP contribution in [0.15, 0.2) is 12.2 Å². The molecule has 222 valence electrons. The van der Waals surface area contributed by atoms with Crippen molar-refractivity contribution in [3.8, 4) is 0 Å². The summed E-state index contributed by atoms with van der Waals surface area (Å²) in [5.74, 6) is -29.7. The van der Waals surface area contributed by atoms with Crippen LogP contribution >= 0.6 is 0 Å². The second-order valence-corrected chi connectivity index (χ2v) is 8.51. The highest BCUT2D eigenvalue weighted by atomic mass is 19.4. The van der Waals surface area contributed by atoms with Gasteiger partial charge >= 0.3 is 53.9 Å². The Labute approximate surface area is 200 Å². The molecule has 1 N–H and O–H groups in total. The number of carbonyl (C=O) groups excluding carboxylic acids is 1. The number of alkyl halides is 16. The predicted octanol–water partition coefficient (Wildman–Crippen LogP) is 6.38. The molecule has 3 unspecified atom stereocenters. The van der Waals surface area contributed by atoms with E-state index in [2.05, 4.69) is 9.47 Å². The maximum absolute atomic E-state index is 15.7. The molecule has 0 radical (unpaired) electrons. The summed E-state index contributed by atoms with van der Waals surface area (Å²) >= 11 is 0. The van der Waals surface area contributed by atoms with Crippen LogP contribution in [0.3, 0.4) is 0 Å². The second kappa shape index (κ2) is 8.76. The summed E-state index contributed by atoms with van der Waals surface area (Å²) in [7, 11) is 0. The van der Waals surface area contributed by atoms with E-state index in [1.165, 1.54) is 0 Å². The smallest absolute Gasteiger partial charge is 0.432 e. The zero-order valence-electron chi connectivity index (χ0n) is 18.0. The Morgan fingerprint density at radius 3 is 1.55 bits per heavy atom. The minimum absolute atomic E-state index is 0.111. The van der Waals surface area contributed by atoms with Gasteiger partial charge in [0.1, 0.15) is 5.57 Å². The fourth-order valence-corrected chi connectivity index (χ4v) is 4.47. The summed E-state index contributed by atoms with van der Waals surface area (Å²) in [5, 5.41) is 9.64. The van der Waals surface area contributed by atoms with Crippen LogP contribution in [-0.2, 0) is 14.3 Å². The number of halogens is 16. The molecule has 1 aliphatic carbocycles. The molecule has 0 bridgehead atoms. The lowest BCUT2D eigenvalue weighted by Crippen LogP contribution is -2.92. The molecule has 1 saturated carbocycles. The molecule has 20 heteroatoms. The molecule has 0 aromatic rings. The van der Waals surface area contributed by atoms with E-state index < -0.39 is 96.7 Å². The first kappa shape index (κ1) is 32.2. The largest absolute Gasteiger partial charge is 0.449 e. The first-order valence-electron chi connectivity index (χ1n) is 9.98. The van der Waals surface area contributed by atoms with Gasteiger partial charge in [-0.1, -0.05) is 25.8 Å². The Kier molecular flexibility index (Phi) is 7.42. The number of rotatable bonds is 3. The monoisotopic (exact) mass is 598 g/mol. The minimum Gasteiger partial charge on any atom is -0.432 e. The van der Waals surface area contributed by atoms with Gasteiger partial charge in [0.05, 0.1) is 0 Å². The number of aliphatic hydroxyl groups is 1. The number of carbonyl (C=O) groups is 1. The van der Waals surface area contributed by atoms with Crippen LogP contribution in [0.5, 0.6) is 0 Å². The second-order valence-electron chi connectivity index (χ2n) is 8.51. The lowest BCUT2D eigenvalue weighted by molar-refractivity contribution is -0.584. The maximum Gasteiger partial charge on any atom is 0.449 e. The highest BCUT2D eigenvalue weighted by Gasteiger charge is 3.03. The van der Waals surface area contributed by atoms with Gasteiger partial charge in [0, 0.05) is 5.92 Å². The van der Waals surface area contributed by atoms with Crippen molar-refractivity contribution in [1.82, 2.24) is 0 Å². The Morgan fingerprint density at radius 1 is 0.763 bits per heavy atom. The molecule has 3 atom stereocenters. The summed E-state index contributed by atoms with van der Waals surface area (Å²) in [6.45, 7) is 1.77. The van der Waals surface area contributed by atoms with Crippen molar-refractivity contribution < 1.29 is 89.6 Å². The number of hydrogen-bond donors (Lipinski definition) is 1. The quantitative estimate of drug-likeness (QED) is 0.233. The SMILES string of the molecule is C=C(C(=O)OC1(C(F)(F)F)C(F)(F)C(O)(C(F)(F)F)OC(C2CCCCC2)(C(F)(F)F)C1(F)F)C(F)(F)F. The predicted molar refractivity (Wildman–Crippen MR) is 87.4 cm³/mol. The van der Waals surface area contributed by atoms with E-state index >= 15 is 17.6 Å². The molecule has 2 fully saturated rings. The Morgan fingerprint density at radius 2 is 1.21 bits per heavy atom. The molecule has 1 heterocycles. The molecule has 2 rings (SSSR count). The fourth-order valence-electron chi connectivity index (χ4n) is 4.47. The van der Waals surface area contributed by atoms with Crippen molar-refractivity contribution in [3.05, 3.63) is 12.2 Å². The standard InChI is InChI=1S/C18H14F16O4/c1-7(11(19,20)21)9(35)37-12(17(29,30)31)13(22,23)10(16(26,27)28,8-5-3-2-4-6-8)38-15(36,14(12,24)25)18(32,33)34/h8,36H,1-6H2. The van der Waals surface area contributed by atoms with E-state index in [1.54, 1.807) is 6.58 Å². The third-order valence-electron chi connectivity index (χ3n) is 6.30. The highest BCUT2D eigenvalue weighted by Crippen LogP contribution is 2.72. The van der Waals surface area contributed by atoms with E-state index in [9.17, 15) is 62.6 Å². The van der Waals surface area contributed by atoms with Crippen LogP contribution in [-0.4, -0.2) is 64.6 Å². The molecule has 0 spiro atoms. The van der Waals surface area contributed by atoms with Gasteiger partial charge in [0.15, 0.2) is 0 Å². The summed E-state index contributed by atoms with van der Waals surface area (Å²) < 4.78 is 231. The number of ether oxygens (including phenoxy) is 2. The van der Waals surface area contributed by atoms with Crippen LogP contribution in [0.4, 0.5) is 70.2 Å². The first-order valence-corrected chi connectivity index (χ1v) is 9.98. The van der Waals surface area contributed by atoms with Gasteiger partial charge in [0.25, 0.3) is 0 Å². The molecule has 1 saturated heterocycles. The maximum atomic E-state index is 15.7. The van der Waals surface area contributed by atoms with Crippen LogP contribution in [0.1, 0.15) is 32.1 Å².